The zero-order chi connectivity index (χ0) is 40.1. The van der Waals surface area contributed by atoms with E-state index >= 15 is 0 Å². The largest absolute Gasteiger partial charge is 0.453 e. The van der Waals surface area contributed by atoms with Gasteiger partial charge in [-0.2, -0.15) is 5.26 Å². The van der Waals surface area contributed by atoms with Gasteiger partial charge in [0.25, 0.3) is 0 Å². The summed E-state index contributed by atoms with van der Waals surface area (Å²) in [4.78, 5) is 70.3. The number of rotatable bonds is 9. The van der Waals surface area contributed by atoms with E-state index in [1.165, 1.54) is 14.2 Å². The monoisotopic (exact) mass is 761 g/mol. The number of carbonyl (C=O) groups excluding carboxylic acids is 4. The van der Waals surface area contributed by atoms with Crippen LogP contribution >= 0.6 is 0 Å². The highest BCUT2D eigenvalue weighted by atomic mass is 16.5. The molecule has 2 aromatic carbocycles. The molecule has 2 aliphatic rings. The zero-order valence-electron chi connectivity index (χ0n) is 32.4. The average molecular weight is 762 g/mol. The molecule has 0 bridgehead atoms. The fourth-order valence-corrected chi connectivity index (χ4v) is 7.38. The number of nitriles is 1. The van der Waals surface area contributed by atoms with Crippen LogP contribution in [0.25, 0.3) is 22.0 Å². The van der Waals surface area contributed by atoms with Gasteiger partial charge in [0.2, 0.25) is 11.8 Å². The number of benzene rings is 2. The first-order chi connectivity index (χ1) is 26.9. The van der Waals surface area contributed by atoms with Crippen molar-refractivity contribution in [2.45, 2.75) is 77.5 Å². The molecule has 4 atom stereocenters. The number of hydrogen-bond acceptors (Lipinski definition) is 9. The van der Waals surface area contributed by atoms with E-state index in [4.69, 9.17) is 9.47 Å². The number of amides is 4. The Morgan fingerprint density at radius 3 is 1.95 bits per heavy atom. The number of nitrogens with zero attached hydrogens (tertiary/aromatic N) is 5. The highest BCUT2D eigenvalue weighted by molar-refractivity contribution is 5.89. The van der Waals surface area contributed by atoms with Crippen LogP contribution in [0.3, 0.4) is 0 Å². The molecule has 0 saturated carbocycles. The molecule has 6 rings (SSSR count). The molecule has 2 unspecified atom stereocenters. The number of ether oxygens (including phenoxy) is 2. The van der Waals surface area contributed by atoms with Crippen molar-refractivity contribution < 1.29 is 28.7 Å². The molecule has 4 heterocycles. The van der Waals surface area contributed by atoms with E-state index in [1.807, 2.05) is 58.0 Å². The topological polar surface area (TPSA) is 198 Å². The van der Waals surface area contributed by atoms with Crippen LogP contribution in [0, 0.1) is 35.0 Å². The smallest absolute Gasteiger partial charge is 0.407 e. The van der Waals surface area contributed by atoms with E-state index in [1.54, 1.807) is 16.0 Å². The Morgan fingerprint density at radius 1 is 0.804 bits per heavy atom. The highest BCUT2D eigenvalue weighted by Crippen LogP contribution is 2.34. The van der Waals surface area contributed by atoms with Gasteiger partial charge in [0.1, 0.15) is 35.5 Å². The summed E-state index contributed by atoms with van der Waals surface area (Å²) in [5, 5.41) is 17.2. The van der Waals surface area contributed by atoms with Crippen molar-refractivity contribution in [1.29, 1.82) is 5.26 Å². The van der Waals surface area contributed by atoms with Gasteiger partial charge >= 0.3 is 12.2 Å². The molecule has 15 nitrogen and oxygen atoms in total. The van der Waals surface area contributed by atoms with Crippen molar-refractivity contribution in [2.75, 3.05) is 27.3 Å². The Balaban J connectivity index is 1.17. The molecule has 56 heavy (non-hydrogen) atoms. The van der Waals surface area contributed by atoms with Crippen molar-refractivity contribution in [2.24, 2.45) is 11.8 Å². The Hall–Kier alpha value is -6.35. The quantitative estimate of drug-likeness (QED) is 0.163. The summed E-state index contributed by atoms with van der Waals surface area (Å²) in [5.41, 5.74) is 3.00. The Morgan fingerprint density at radius 2 is 1.38 bits per heavy atom. The number of aromatic nitrogens is 4. The Kier molecular flexibility index (Phi) is 11.9. The number of methoxy groups -OCH3 is 2. The van der Waals surface area contributed by atoms with E-state index in [0.29, 0.717) is 36.9 Å². The molecule has 292 valence electrons. The number of imidazole rings is 2. The van der Waals surface area contributed by atoms with E-state index in [2.05, 4.69) is 54.5 Å². The minimum atomic E-state index is -0.768. The summed E-state index contributed by atoms with van der Waals surface area (Å²) in [6, 6.07) is 12.0. The molecule has 15 heteroatoms. The van der Waals surface area contributed by atoms with Crippen molar-refractivity contribution in [3.8, 4) is 29.2 Å². The molecule has 2 fully saturated rings. The van der Waals surface area contributed by atoms with E-state index < -0.39 is 24.3 Å². The van der Waals surface area contributed by atoms with Gasteiger partial charge in [-0.25, -0.2) is 19.6 Å². The number of carbonyl (C=O) groups is 4. The van der Waals surface area contributed by atoms with Gasteiger partial charge in [-0.3, -0.25) is 9.59 Å². The van der Waals surface area contributed by atoms with Gasteiger partial charge in [0.05, 0.1) is 38.2 Å². The van der Waals surface area contributed by atoms with Crippen LogP contribution in [0.4, 0.5) is 9.59 Å². The Labute approximate surface area is 325 Å². The number of aromatic amines is 2. The summed E-state index contributed by atoms with van der Waals surface area (Å²) in [6.45, 7) is 8.55. The maximum absolute atomic E-state index is 13.6. The van der Waals surface area contributed by atoms with Gasteiger partial charge < -0.3 is 39.9 Å². The van der Waals surface area contributed by atoms with Crippen molar-refractivity contribution in [3.63, 3.8) is 0 Å². The van der Waals surface area contributed by atoms with Crippen LogP contribution in [0.1, 0.15) is 94.1 Å². The lowest BCUT2D eigenvalue weighted by molar-refractivity contribution is -0.136. The minimum Gasteiger partial charge on any atom is -0.453 e. The summed E-state index contributed by atoms with van der Waals surface area (Å²) in [6.07, 6.45) is 3.45. The highest BCUT2D eigenvalue weighted by Gasteiger charge is 2.39. The number of fused-ring (bicyclic) bond motifs is 1. The third kappa shape index (κ3) is 8.32. The lowest BCUT2D eigenvalue weighted by Gasteiger charge is -2.30. The van der Waals surface area contributed by atoms with Crippen LogP contribution < -0.4 is 10.6 Å². The van der Waals surface area contributed by atoms with Gasteiger partial charge in [0.15, 0.2) is 5.69 Å². The SMILES string of the molecule is COC(=O)N[C@H](C(=O)N1CCCC1c1ncc(-c2ccc3cc(C#Cc4[nH]c(C5CCCN5C(=O)[C@@H](NC(=O)OC)C(C)C)nc4C#N)ccc3c2)[nH]1)C(C)C. The van der Waals surface area contributed by atoms with Crippen LogP contribution in [0.2, 0.25) is 0 Å². The van der Waals surface area contributed by atoms with E-state index in [9.17, 15) is 24.4 Å². The number of likely N-dealkylation sites (tertiary alicyclic amines) is 2. The maximum Gasteiger partial charge on any atom is 0.407 e. The second-order valence-corrected chi connectivity index (χ2v) is 14.8. The first-order valence-electron chi connectivity index (χ1n) is 18.8. The summed E-state index contributed by atoms with van der Waals surface area (Å²) in [5.74, 6) is 6.72. The van der Waals surface area contributed by atoms with Gasteiger partial charge in [0, 0.05) is 24.2 Å². The lowest BCUT2D eigenvalue weighted by Crippen LogP contribution is -2.51. The summed E-state index contributed by atoms with van der Waals surface area (Å²) in [7, 11) is 2.53. The molecule has 0 aliphatic carbocycles. The second-order valence-electron chi connectivity index (χ2n) is 14.8. The third-order valence-electron chi connectivity index (χ3n) is 10.4. The summed E-state index contributed by atoms with van der Waals surface area (Å²) >= 11 is 0. The van der Waals surface area contributed by atoms with E-state index in [-0.39, 0.29) is 41.4 Å². The number of hydrogen-bond donors (Lipinski definition) is 4. The average Bonchev–Trinajstić information content (AvgIpc) is 4.03. The first kappa shape index (κ1) is 39.3. The molecular weight excluding hydrogens is 715 g/mol. The second kappa shape index (κ2) is 17.0. The Bertz CT molecular complexity index is 2220. The van der Waals surface area contributed by atoms with E-state index in [0.717, 1.165) is 46.9 Å². The summed E-state index contributed by atoms with van der Waals surface area (Å²) < 4.78 is 9.48. The molecule has 4 N–H and O–H groups in total. The lowest BCUT2D eigenvalue weighted by atomic mass is 10.0. The van der Waals surface area contributed by atoms with Crippen LogP contribution in [-0.4, -0.2) is 93.1 Å². The molecule has 0 spiro atoms. The molecule has 4 aromatic rings. The van der Waals surface area contributed by atoms with Crippen molar-refractivity contribution in [3.05, 3.63) is 71.2 Å². The van der Waals surface area contributed by atoms with Gasteiger partial charge in [-0.05, 0) is 72.4 Å². The number of H-pyrrole nitrogens is 2. The van der Waals surface area contributed by atoms with Crippen LogP contribution in [0.15, 0.2) is 42.6 Å². The van der Waals surface area contributed by atoms with Crippen LogP contribution in [0.5, 0.6) is 0 Å². The van der Waals surface area contributed by atoms with Crippen molar-refractivity contribution >= 4 is 34.8 Å². The van der Waals surface area contributed by atoms with Gasteiger partial charge in [-0.1, -0.05) is 51.8 Å². The molecule has 2 saturated heterocycles. The maximum atomic E-state index is 13.6. The minimum absolute atomic E-state index is 0.123. The number of nitrogens with one attached hydrogen (secondary N) is 4. The van der Waals surface area contributed by atoms with Gasteiger partial charge in [-0.15, -0.1) is 0 Å². The molecule has 2 aliphatic heterocycles. The third-order valence-corrected chi connectivity index (χ3v) is 10.4. The molecular formula is C41H47N9O6. The molecule has 0 radical (unpaired) electrons. The standard InChI is InChI=1S/C41H47N9O6/c1-23(2)34(47-40(53)55-5)38(51)49-17-7-9-32(49)36-43-22-31(46-36)28-15-14-26-19-25(11-13-27(26)20-28)12-16-29-30(21-42)45-37(44-29)33-10-8-18-50(33)39(52)35(24(3)4)48-41(54)56-6/h11,13-15,19-20,22-24,32-35H,7-10,17-18H2,1-6H3,(H,43,46)(H,44,45)(H,47,53)(H,48,54)/t32?,33?,34-,35-/m0/s1. The van der Waals surface area contributed by atoms with Crippen LogP contribution in [-0.2, 0) is 19.1 Å². The predicted octanol–water partition coefficient (Wildman–Crippen LogP) is 5.31. The molecule has 2 aromatic heterocycles. The molecule has 4 amide bonds. The predicted molar refractivity (Wildman–Crippen MR) is 207 cm³/mol. The fraction of sp³-hybridized carbons (Fsp3) is 0.439. The fourth-order valence-electron chi connectivity index (χ4n) is 7.38. The normalized spacial score (nSPS) is 17.6. The number of alkyl carbamates (subject to hydrolysis) is 2. The van der Waals surface area contributed by atoms with Crippen molar-refractivity contribution in [1.82, 2.24) is 40.4 Å². The zero-order valence-corrected chi connectivity index (χ0v) is 32.4. The first-order valence-corrected chi connectivity index (χ1v) is 18.8.